The number of aromatic nitrogens is 2. The van der Waals surface area contributed by atoms with Gasteiger partial charge < -0.3 is 15.5 Å². The van der Waals surface area contributed by atoms with Crippen LogP contribution in [0.25, 0.3) is 10.9 Å². The summed E-state index contributed by atoms with van der Waals surface area (Å²) in [6, 6.07) is 14.1. The molecule has 1 aromatic carbocycles. The van der Waals surface area contributed by atoms with E-state index < -0.39 is 0 Å². The van der Waals surface area contributed by atoms with Gasteiger partial charge in [-0.15, -0.1) is 0 Å². The number of anilines is 3. The first kappa shape index (κ1) is 15.2. The van der Waals surface area contributed by atoms with Crippen LogP contribution >= 0.6 is 0 Å². The van der Waals surface area contributed by atoms with Crippen molar-refractivity contribution in [3.63, 3.8) is 0 Å². The van der Waals surface area contributed by atoms with E-state index in [2.05, 4.69) is 51.7 Å². The van der Waals surface area contributed by atoms with E-state index in [1.165, 1.54) is 0 Å². The van der Waals surface area contributed by atoms with E-state index in [9.17, 15) is 0 Å². The van der Waals surface area contributed by atoms with Gasteiger partial charge in [0.1, 0.15) is 5.82 Å². The van der Waals surface area contributed by atoms with Crippen molar-refractivity contribution in [2.45, 2.75) is 0 Å². The maximum Gasteiger partial charge on any atom is 0.126 e. The molecule has 0 aliphatic carbocycles. The molecule has 2 N–H and O–H groups in total. The highest BCUT2D eigenvalue weighted by molar-refractivity contribution is 5.83. The van der Waals surface area contributed by atoms with Crippen molar-refractivity contribution in [2.24, 2.45) is 0 Å². The fourth-order valence-electron chi connectivity index (χ4n) is 2.30. The molecule has 0 saturated carbocycles. The summed E-state index contributed by atoms with van der Waals surface area (Å²) >= 11 is 0. The van der Waals surface area contributed by atoms with Gasteiger partial charge in [-0.3, -0.25) is 4.98 Å². The van der Waals surface area contributed by atoms with Gasteiger partial charge in [-0.05, 0) is 50.5 Å². The van der Waals surface area contributed by atoms with Crippen molar-refractivity contribution in [3.05, 3.63) is 54.9 Å². The molecule has 0 spiro atoms. The lowest BCUT2D eigenvalue weighted by atomic mass is 10.2. The van der Waals surface area contributed by atoms with Gasteiger partial charge in [0.25, 0.3) is 0 Å². The minimum atomic E-state index is 0.879. The van der Waals surface area contributed by atoms with Crippen LogP contribution in [0.3, 0.4) is 0 Å². The topological polar surface area (TPSA) is 53.1 Å². The first-order valence-corrected chi connectivity index (χ1v) is 7.67. The van der Waals surface area contributed by atoms with Crippen LogP contribution in [0.1, 0.15) is 0 Å². The van der Waals surface area contributed by atoms with E-state index in [1.54, 1.807) is 6.20 Å². The summed E-state index contributed by atoms with van der Waals surface area (Å²) in [5.74, 6) is 0.889. The quantitative estimate of drug-likeness (QED) is 0.731. The molecule has 23 heavy (non-hydrogen) atoms. The summed E-state index contributed by atoms with van der Waals surface area (Å²) in [5.41, 5.74) is 2.99. The van der Waals surface area contributed by atoms with Gasteiger partial charge in [0, 0.05) is 30.4 Å². The summed E-state index contributed by atoms with van der Waals surface area (Å²) < 4.78 is 0. The Morgan fingerprint density at radius 3 is 2.65 bits per heavy atom. The van der Waals surface area contributed by atoms with Crippen molar-refractivity contribution < 1.29 is 0 Å². The number of pyridine rings is 2. The maximum absolute atomic E-state index is 4.43. The summed E-state index contributed by atoms with van der Waals surface area (Å²) in [5, 5.41) is 7.79. The summed E-state index contributed by atoms with van der Waals surface area (Å²) in [6.07, 6.45) is 3.65. The molecule has 5 nitrogen and oxygen atoms in total. The minimum absolute atomic E-state index is 0.879. The average Bonchev–Trinajstić information content (AvgIpc) is 2.56. The molecule has 0 fully saturated rings. The number of nitrogens with one attached hydrogen (secondary N) is 2. The molecule has 0 atom stereocenters. The third-order valence-electron chi connectivity index (χ3n) is 3.52. The van der Waals surface area contributed by atoms with Gasteiger partial charge in [-0.2, -0.15) is 0 Å². The first-order chi connectivity index (χ1) is 11.2. The molecule has 2 heterocycles. The Kier molecular flexibility index (Phi) is 4.68. The van der Waals surface area contributed by atoms with Gasteiger partial charge in [0.2, 0.25) is 0 Å². The van der Waals surface area contributed by atoms with Crippen molar-refractivity contribution >= 4 is 28.1 Å². The monoisotopic (exact) mass is 307 g/mol. The molecular formula is C18H21N5. The summed E-state index contributed by atoms with van der Waals surface area (Å²) in [6.45, 7) is 1.86. The van der Waals surface area contributed by atoms with E-state index in [1.807, 2.05) is 36.5 Å². The number of rotatable bonds is 6. The molecular weight excluding hydrogens is 286 g/mol. The highest BCUT2D eigenvalue weighted by Gasteiger charge is 2.00. The lowest BCUT2D eigenvalue weighted by Crippen LogP contribution is -2.21. The molecule has 0 amide bonds. The highest BCUT2D eigenvalue weighted by atomic mass is 15.1. The summed E-state index contributed by atoms with van der Waals surface area (Å²) in [4.78, 5) is 10.9. The van der Waals surface area contributed by atoms with Gasteiger partial charge >= 0.3 is 0 Å². The lowest BCUT2D eigenvalue weighted by Gasteiger charge is -2.11. The molecule has 3 aromatic rings. The third-order valence-corrected chi connectivity index (χ3v) is 3.52. The first-order valence-electron chi connectivity index (χ1n) is 7.67. The van der Waals surface area contributed by atoms with Gasteiger partial charge in [-0.1, -0.05) is 6.07 Å². The van der Waals surface area contributed by atoms with Crippen LogP contribution < -0.4 is 10.6 Å². The van der Waals surface area contributed by atoms with Gasteiger partial charge in [-0.25, -0.2) is 4.98 Å². The van der Waals surface area contributed by atoms with Crippen LogP contribution in [0.5, 0.6) is 0 Å². The second-order valence-corrected chi connectivity index (χ2v) is 5.70. The SMILES string of the molecule is CN(C)CCNc1ccc(Nc2ccc3ncccc3c2)cn1. The fraction of sp³-hybridized carbons (Fsp3) is 0.222. The van der Waals surface area contributed by atoms with E-state index >= 15 is 0 Å². The molecule has 0 aliphatic heterocycles. The number of likely N-dealkylation sites (N-methyl/N-ethyl adjacent to an activating group) is 1. The highest BCUT2D eigenvalue weighted by Crippen LogP contribution is 2.21. The van der Waals surface area contributed by atoms with Crippen LogP contribution in [-0.2, 0) is 0 Å². The van der Waals surface area contributed by atoms with E-state index in [0.29, 0.717) is 0 Å². The Balaban J connectivity index is 1.65. The van der Waals surface area contributed by atoms with Gasteiger partial charge in [0.15, 0.2) is 0 Å². The van der Waals surface area contributed by atoms with Crippen LogP contribution in [0.15, 0.2) is 54.9 Å². The second-order valence-electron chi connectivity index (χ2n) is 5.70. The van der Waals surface area contributed by atoms with Crippen molar-refractivity contribution in [1.82, 2.24) is 14.9 Å². The number of hydrogen-bond acceptors (Lipinski definition) is 5. The van der Waals surface area contributed by atoms with Crippen LogP contribution in [0.4, 0.5) is 17.2 Å². The Hall–Kier alpha value is -2.66. The van der Waals surface area contributed by atoms with Crippen LogP contribution in [0, 0.1) is 0 Å². The van der Waals surface area contributed by atoms with Crippen molar-refractivity contribution in [3.8, 4) is 0 Å². The smallest absolute Gasteiger partial charge is 0.126 e. The standard InChI is InChI=1S/C18H21N5/c1-23(2)11-10-20-18-8-6-16(13-21-18)22-15-5-7-17-14(12-15)4-3-9-19-17/h3-9,12-13,22H,10-11H2,1-2H3,(H,20,21). The molecule has 0 aliphatic rings. The maximum atomic E-state index is 4.43. The molecule has 0 saturated heterocycles. The van der Waals surface area contributed by atoms with Crippen molar-refractivity contribution in [2.75, 3.05) is 37.8 Å². The van der Waals surface area contributed by atoms with Crippen molar-refractivity contribution in [1.29, 1.82) is 0 Å². The summed E-state index contributed by atoms with van der Waals surface area (Å²) in [7, 11) is 4.11. The zero-order valence-electron chi connectivity index (χ0n) is 13.5. The second kappa shape index (κ2) is 7.07. The molecule has 0 radical (unpaired) electrons. The Morgan fingerprint density at radius 2 is 1.87 bits per heavy atom. The Labute approximate surface area is 136 Å². The zero-order chi connectivity index (χ0) is 16.1. The molecule has 0 bridgehead atoms. The zero-order valence-corrected chi connectivity index (χ0v) is 13.5. The Morgan fingerprint density at radius 1 is 1.00 bits per heavy atom. The number of benzene rings is 1. The minimum Gasteiger partial charge on any atom is -0.369 e. The Bertz CT molecular complexity index is 768. The van der Waals surface area contributed by atoms with E-state index in [-0.39, 0.29) is 0 Å². The molecule has 3 rings (SSSR count). The van der Waals surface area contributed by atoms with E-state index in [0.717, 1.165) is 41.2 Å². The predicted molar refractivity (Wildman–Crippen MR) is 96.3 cm³/mol. The fourth-order valence-corrected chi connectivity index (χ4v) is 2.30. The van der Waals surface area contributed by atoms with Crippen LogP contribution in [0.2, 0.25) is 0 Å². The number of fused-ring (bicyclic) bond motifs is 1. The predicted octanol–water partition coefficient (Wildman–Crippen LogP) is 3.35. The normalized spacial score (nSPS) is 10.9. The lowest BCUT2D eigenvalue weighted by molar-refractivity contribution is 0.425. The third kappa shape index (κ3) is 4.17. The van der Waals surface area contributed by atoms with Gasteiger partial charge in [0.05, 0.1) is 17.4 Å². The molecule has 0 unspecified atom stereocenters. The molecule has 2 aromatic heterocycles. The largest absolute Gasteiger partial charge is 0.369 e. The number of hydrogen-bond donors (Lipinski definition) is 2. The molecule has 5 heteroatoms. The average molecular weight is 307 g/mol. The van der Waals surface area contributed by atoms with E-state index in [4.69, 9.17) is 0 Å². The molecule has 118 valence electrons. The van der Waals surface area contributed by atoms with Crippen LogP contribution in [-0.4, -0.2) is 42.1 Å². The number of nitrogens with zero attached hydrogens (tertiary/aromatic N) is 3.